The number of halogens is 2. The molecule has 5 nitrogen and oxygen atoms in total. The lowest BCUT2D eigenvalue weighted by Gasteiger charge is -2.29. The van der Waals surface area contributed by atoms with Crippen LogP contribution in [0.4, 0.5) is 4.79 Å². The van der Waals surface area contributed by atoms with Crippen LogP contribution < -0.4 is 0 Å². The van der Waals surface area contributed by atoms with E-state index in [1.54, 1.807) is 0 Å². The average Bonchev–Trinajstić information content (AvgIpc) is 2.82. The highest BCUT2D eigenvalue weighted by Crippen LogP contribution is 2.53. The first-order valence-corrected chi connectivity index (χ1v) is 8.84. The van der Waals surface area contributed by atoms with Crippen molar-refractivity contribution in [2.75, 3.05) is 0 Å². The molecule has 1 saturated carbocycles. The number of carbonyl (C=O) groups excluding carboxylic acids is 1. The number of aromatic amines is 1. The SMILES string of the molecule is CC(C)(C)OC(=O)N1C(c2nc(I)c(I)[nH]2)CC2CC21. The Bertz CT molecular complexity index is 533. The van der Waals surface area contributed by atoms with Gasteiger partial charge < -0.3 is 9.72 Å². The third-order valence-electron chi connectivity index (χ3n) is 3.66. The molecular formula is C13H17I2N3O2. The summed E-state index contributed by atoms with van der Waals surface area (Å²) < 4.78 is 7.54. The number of hydrogen-bond acceptors (Lipinski definition) is 3. The van der Waals surface area contributed by atoms with Crippen molar-refractivity contribution in [3.8, 4) is 0 Å². The maximum Gasteiger partial charge on any atom is 0.411 e. The Morgan fingerprint density at radius 1 is 1.40 bits per heavy atom. The van der Waals surface area contributed by atoms with Crippen molar-refractivity contribution in [3.63, 3.8) is 0 Å². The maximum atomic E-state index is 12.4. The second kappa shape index (κ2) is 4.99. The fourth-order valence-corrected chi connectivity index (χ4v) is 3.57. The minimum atomic E-state index is -0.458. The third-order valence-corrected chi connectivity index (χ3v) is 6.26. The van der Waals surface area contributed by atoms with Gasteiger partial charge in [-0.15, -0.1) is 0 Å². The zero-order valence-corrected chi connectivity index (χ0v) is 15.9. The summed E-state index contributed by atoms with van der Waals surface area (Å²) in [4.78, 5) is 22.2. The zero-order chi connectivity index (χ0) is 14.7. The molecule has 1 aromatic heterocycles. The summed E-state index contributed by atoms with van der Waals surface area (Å²) in [6.07, 6.45) is 1.88. The number of rotatable bonds is 1. The lowest BCUT2D eigenvalue weighted by Crippen LogP contribution is -2.38. The number of imidazole rings is 1. The molecule has 0 bridgehead atoms. The molecule has 3 unspecified atom stereocenters. The largest absolute Gasteiger partial charge is 0.444 e. The van der Waals surface area contributed by atoms with Gasteiger partial charge >= 0.3 is 6.09 Å². The van der Waals surface area contributed by atoms with Gasteiger partial charge in [0.25, 0.3) is 0 Å². The molecule has 1 N–H and O–H groups in total. The number of hydrogen-bond donors (Lipinski definition) is 1. The molecular weight excluding hydrogens is 484 g/mol. The molecule has 2 aliphatic rings. The van der Waals surface area contributed by atoms with Crippen molar-refractivity contribution >= 4 is 51.3 Å². The first kappa shape index (κ1) is 14.9. The van der Waals surface area contributed by atoms with Gasteiger partial charge in [0.05, 0.1) is 6.04 Å². The summed E-state index contributed by atoms with van der Waals surface area (Å²) in [5.41, 5.74) is -0.458. The van der Waals surface area contributed by atoms with Crippen molar-refractivity contribution in [1.82, 2.24) is 14.9 Å². The van der Waals surface area contributed by atoms with Crippen LogP contribution in [-0.4, -0.2) is 32.6 Å². The van der Waals surface area contributed by atoms with E-state index in [-0.39, 0.29) is 12.1 Å². The van der Waals surface area contributed by atoms with Crippen LogP contribution in [0.2, 0.25) is 0 Å². The van der Waals surface area contributed by atoms with Crippen LogP contribution in [0.25, 0.3) is 0 Å². The van der Waals surface area contributed by atoms with E-state index in [1.807, 2.05) is 25.7 Å². The van der Waals surface area contributed by atoms with Crippen LogP contribution in [0.5, 0.6) is 0 Å². The summed E-state index contributed by atoms with van der Waals surface area (Å²) in [6.45, 7) is 5.71. The van der Waals surface area contributed by atoms with Gasteiger partial charge in [-0.3, -0.25) is 4.90 Å². The van der Waals surface area contributed by atoms with E-state index >= 15 is 0 Å². The maximum absolute atomic E-state index is 12.4. The number of amides is 1. The van der Waals surface area contributed by atoms with Crippen LogP contribution in [0.1, 0.15) is 45.5 Å². The summed E-state index contributed by atoms with van der Waals surface area (Å²) in [5.74, 6) is 1.50. The number of fused-ring (bicyclic) bond motifs is 1. The van der Waals surface area contributed by atoms with E-state index in [0.717, 1.165) is 26.1 Å². The molecule has 3 rings (SSSR count). The minimum Gasteiger partial charge on any atom is -0.444 e. The van der Waals surface area contributed by atoms with Crippen molar-refractivity contribution in [2.24, 2.45) is 5.92 Å². The van der Waals surface area contributed by atoms with Gasteiger partial charge in [-0.2, -0.15) is 0 Å². The number of nitrogens with zero attached hydrogens (tertiary/aromatic N) is 2. The highest BCUT2D eigenvalue weighted by molar-refractivity contribution is 14.1. The number of carbonyl (C=O) groups is 1. The Morgan fingerprint density at radius 2 is 2.10 bits per heavy atom. The van der Waals surface area contributed by atoms with Gasteiger partial charge in [0, 0.05) is 6.04 Å². The summed E-state index contributed by atoms with van der Waals surface area (Å²) in [5, 5.41) is 0. The number of H-pyrrole nitrogens is 1. The summed E-state index contributed by atoms with van der Waals surface area (Å²) in [6, 6.07) is 0.376. The molecule has 0 spiro atoms. The molecule has 20 heavy (non-hydrogen) atoms. The Kier molecular flexibility index (Phi) is 3.71. The first-order valence-electron chi connectivity index (χ1n) is 6.68. The standard InChI is InChI=1S/C13H17I2N3O2/c1-13(2,3)20-12(19)18-7-4-6(7)5-8(18)11-16-9(14)10(15)17-11/h6-8H,4-5H2,1-3H3,(H,16,17). The van der Waals surface area contributed by atoms with Crippen molar-refractivity contribution in [2.45, 2.75) is 51.3 Å². The topological polar surface area (TPSA) is 58.2 Å². The van der Waals surface area contributed by atoms with Gasteiger partial charge in [0.15, 0.2) is 0 Å². The number of aromatic nitrogens is 2. The second-order valence-corrected chi connectivity index (χ2v) is 8.53. The van der Waals surface area contributed by atoms with Crippen LogP contribution >= 0.6 is 45.2 Å². The van der Waals surface area contributed by atoms with Gasteiger partial charge in [-0.25, -0.2) is 9.78 Å². The van der Waals surface area contributed by atoms with Gasteiger partial charge in [-0.1, -0.05) is 0 Å². The smallest absolute Gasteiger partial charge is 0.411 e. The monoisotopic (exact) mass is 501 g/mol. The molecule has 1 aliphatic heterocycles. The fraction of sp³-hybridized carbons (Fsp3) is 0.692. The summed E-state index contributed by atoms with van der Waals surface area (Å²) >= 11 is 4.44. The first-order chi connectivity index (χ1) is 9.26. The normalized spacial score (nSPS) is 28.4. The van der Waals surface area contributed by atoms with Crippen LogP contribution in [0.3, 0.4) is 0 Å². The second-order valence-electron chi connectivity index (χ2n) is 6.43. The molecule has 0 aromatic carbocycles. The molecule has 2 heterocycles. The van der Waals surface area contributed by atoms with E-state index in [2.05, 4.69) is 55.1 Å². The number of piperidine rings is 1. The predicted molar refractivity (Wildman–Crippen MR) is 91.3 cm³/mol. The molecule has 1 aromatic rings. The number of ether oxygens (including phenoxy) is 1. The van der Waals surface area contributed by atoms with Gasteiger partial charge in [-0.05, 0) is 84.7 Å². The Labute approximate surface area is 145 Å². The van der Waals surface area contributed by atoms with Crippen molar-refractivity contribution in [3.05, 3.63) is 13.2 Å². The van der Waals surface area contributed by atoms with E-state index in [1.165, 1.54) is 0 Å². The van der Waals surface area contributed by atoms with E-state index < -0.39 is 5.60 Å². The lowest BCUT2D eigenvalue weighted by atomic mass is 10.1. The van der Waals surface area contributed by atoms with Gasteiger partial charge in [0.2, 0.25) is 0 Å². The van der Waals surface area contributed by atoms with Crippen LogP contribution in [0, 0.1) is 13.3 Å². The average molecular weight is 501 g/mol. The van der Waals surface area contributed by atoms with Crippen molar-refractivity contribution < 1.29 is 9.53 Å². The van der Waals surface area contributed by atoms with Crippen LogP contribution in [-0.2, 0) is 4.74 Å². The van der Waals surface area contributed by atoms with E-state index in [9.17, 15) is 4.79 Å². The molecule has 1 aliphatic carbocycles. The van der Waals surface area contributed by atoms with Crippen molar-refractivity contribution in [1.29, 1.82) is 0 Å². The predicted octanol–water partition coefficient (Wildman–Crippen LogP) is 3.69. The highest BCUT2D eigenvalue weighted by atomic mass is 127. The number of nitrogens with one attached hydrogen (secondary N) is 1. The quantitative estimate of drug-likeness (QED) is 0.598. The minimum absolute atomic E-state index is 0.0330. The van der Waals surface area contributed by atoms with E-state index in [4.69, 9.17) is 4.74 Å². The molecule has 7 heteroatoms. The Hall–Kier alpha value is -0.0600. The Morgan fingerprint density at radius 3 is 2.65 bits per heavy atom. The van der Waals surface area contributed by atoms with E-state index in [0.29, 0.717) is 12.0 Å². The summed E-state index contributed by atoms with van der Waals surface area (Å²) in [7, 11) is 0. The molecule has 3 atom stereocenters. The molecule has 2 fully saturated rings. The number of likely N-dealkylation sites (tertiary alicyclic amines) is 1. The molecule has 1 amide bonds. The van der Waals surface area contributed by atoms with Gasteiger partial charge in [0.1, 0.15) is 18.8 Å². The highest BCUT2D eigenvalue weighted by Gasteiger charge is 2.56. The molecule has 0 radical (unpaired) electrons. The van der Waals surface area contributed by atoms with Crippen LogP contribution in [0.15, 0.2) is 0 Å². The molecule has 1 saturated heterocycles. The Balaban J connectivity index is 1.82. The fourth-order valence-electron chi connectivity index (χ4n) is 2.78. The third kappa shape index (κ3) is 2.79. The molecule has 110 valence electrons. The lowest BCUT2D eigenvalue weighted by molar-refractivity contribution is 0.0175. The zero-order valence-electron chi connectivity index (χ0n) is 11.6.